The highest BCUT2D eigenvalue weighted by Gasteiger charge is 2.12. The lowest BCUT2D eigenvalue weighted by molar-refractivity contribution is 0.474. The number of rotatable bonds is 4. The number of nitrogens with one attached hydrogen (secondary N) is 1. The fraction of sp³-hybridized carbons (Fsp3) is 0.286. The first-order valence-electron chi connectivity index (χ1n) is 5.76. The van der Waals surface area contributed by atoms with Crippen molar-refractivity contribution in [3.05, 3.63) is 53.7 Å². The number of benzene rings is 1. The standard InChI is InChI=1S/C14H16FNO/c1-3-12(14-5-4-8-17-14)16-13-7-6-11(15)9-10(13)2/h4-9,12,16H,3H2,1-2H3. The Balaban J connectivity index is 2.19. The Kier molecular flexibility index (Phi) is 3.47. The molecule has 1 atom stereocenters. The molecular formula is C14H16FNO. The van der Waals surface area contributed by atoms with E-state index in [-0.39, 0.29) is 11.9 Å². The van der Waals surface area contributed by atoms with E-state index < -0.39 is 0 Å². The summed E-state index contributed by atoms with van der Waals surface area (Å²) in [7, 11) is 0. The van der Waals surface area contributed by atoms with Crippen LogP contribution in [0.4, 0.5) is 10.1 Å². The molecule has 0 bridgehead atoms. The summed E-state index contributed by atoms with van der Waals surface area (Å²) < 4.78 is 18.4. The highest BCUT2D eigenvalue weighted by molar-refractivity contribution is 5.51. The molecule has 0 fully saturated rings. The summed E-state index contributed by atoms with van der Waals surface area (Å²) in [6, 6.07) is 8.68. The lowest BCUT2D eigenvalue weighted by Gasteiger charge is -2.17. The van der Waals surface area contributed by atoms with Crippen molar-refractivity contribution in [1.82, 2.24) is 0 Å². The molecule has 1 aromatic heterocycles. The van der Waals surface area contributed by atoms with Crippen molar-refractivity contribution in [2.75, 3.05) is 5.32 Å². The van der Waals surface area contributed by atoms with Gasteiger partial charge in [-0.2, -0.15) is 0 Å². The third-order valence-electron chi connectivity index (χ3n) is 2.81. The molecule has 0 aliphatic carbocycles. The van der Waals surface area contributed by atoms with E-state index in [0.717, 1.165) is 23.4 Å². The van der Waals surface area contributed by atoms with Crippen molar-refractivity contribution in [2.45, 2.75) is 26.3 Å². The zero-order valence-electron chi connectivity index (χ0n) is 10.0. The molecule has 1 unspecified atom stereocenters. The second-order valence-corrected chi connectivity index (χ2v) is 4.08. The van der Waals surface area contributed by atoms with E-state index in [9.17, 15) is 4.39 Å². The molecule has 17 heavy (non-hydrogen) atoms. The van der Waals surface area contributed by atoms with Crippen LogP contribution in [-0.2, 0) is 0 Å². The first-order chi connectivity index (χ1) is 8.20. The highest BCUT2D eigenvalue weighted by atomic mass is 19.1. The van der Waals surface area contributed by atoms with Crippen LogP contribution in [-0.4, -0.2) is 0 Å². The van der Waals surface area contributed by atoms with Gasteiger partial charge >= 0.3 is 0 Å². The molecule has 0 aliphatic heterocycles. The van der Waals surface area contributed by atoms with Gasteiger partial charge in [-0.25, -0.2) is 4.39 Å². The maximum absolute atomic E-state index is 13.0. The maximum Gasteiger partial charge on any atom is 0.125 e. The fourth-order valence-electron chi connectivity index (χ4n) is 1.84. The fourth-order valence-corrected chi connectivity index (χ4v) is 1.84. The largest absolute Gasteiger partial charge is 0.467 e. The van der Waals surface area contributed by atoms with Crippen molar-refractivity contribution in [3.8, 4) is 0 Å². The molecule has 0 saturated carbocycles. The van der Waals surface area contributed by atoms with Crippen LogP contribution in [0.15, 0.2) is 41.0 Å². The van der Waals surface area contributed by atoms with E-state index in [2.05, 4.69) is 12.2 Å². The van der Waals surface area contributed by atoms with E-state index in [4.69, 9.17) is 4.42 Å². The summed E-state index contributed by atoms with van der Waals surface area (Å²) >= 11 is 0. The summed E-state index contributed by atoms with van der Waals surface area (Å²) in [6.07, 6.45) is 2.57. The molecule has 90 valence electrons. The Bertz CT molecular complexity index is 479. The molecule has 0 saturated heterocycles. The third-order valence-corrected chi connectivity index (χ3v) is 2.81. The summed E-state index contributed by atoms with van der Waals surface area (Å²) in [6.45, 7) is 3.97. The van der Waals surface area contributed by atoms with Crippen LogP contribution in [0.2, 0.25) is 0 Å². The van der Waals surface area contributed by atoms with Crippen LogP contribution in [0.3, 0.4) is 0 Å². The molecule has 1 aromatic carbocycles. The normalized spacial score (nSPS) is 12.4. The average molecular weight is 233 g/mol. The highest BCUT2D eigenvalue weighted by Crippen LogP contribution is 2.25. The first kappa shape index (κ1) is 11.7. The maximum atomic E-state index is 13.0. The molecule has 0 radical (unpaired) electrons. The zero-order valence-corrected chi connectivity index (χ0v) is 10.0. The van der Waals surface area contributed by atoms with Gasteiger partial charge in [0.1, 0.15) is 11.6 Å². The predicted molar refractivity (Wildman–Crippen MR) is 66.5 cm³/mol. The van der Waals surface area contributed by atoms with E-state index in [1.165, 1.54) is 12.1 Å². The Morgan fingerprint density at radius 2 is 2.18 bits per heavy atom. The molecule has 0 aliphatic rings. The predicted octanol–water partition coefficient (Wildman–Crippen LogP) is 4.29. The Hall–Kier alpha value is -1.77. The van der Waals surface area contributed by atoms with E-state index >= 15 is 0 Å². The lowest BCUT2D eigenvalue weighted by atomic mass is 10.1. The Morgan fingerprint density at radius 3 is 2.76 bits per heavy atom. The molecule has 2 aromatic rings. The quantitative estimate of drug-likeness (QED) is 0.852. The SMILES string of the molecule is CCC(Nc1ccc(F)cc1C)c1ccco1. The number of furan rings is 1. The van der Waals surface area contributed by atoms with E-state index in [0.29, 0.717) is 0 Å². The zero-order chi connectivity index (χ0) is 12.3. The Labute approximate surface area is 100 Å². The topological polar surface area (TPSA) is 25.2 Å². The van der Waals surface area contributed by atoms with Crippen LogP contribution in [0.25, 0.3) is 0 Å². The number of hydrogen-bond acceptors (Lipinski definition) is 2. The van der Waals surface area contributed by atoms with Crippen LogP contribution < -0.4 is 5.32 Å². The molecular weight excluding hydrogens is 217 g/mol. The summed E-state index contributed by atoms with van der Waals surface area (Å²) in [4.78, 5) is 0. The number of anilines is 1. The van der Waals surface area contributed by atoms with Crippen molar-refractivity contribution < 1.29 is 8.81 Å². The van der Waals surface area contributed by atoms with Gasteiger partial charge < -0.3 is 9.73 Å². The smallest absolute Gasteiger partial charge is 0.125 e. The molecule has 1 N–H and O–H groups in total. The third kappa shape index (κ3) is 2.67. The van der Waals surface area contributed by atoms with Crippen LogP contribution >= 0.6 is 0 Å². The van der Waals surface area contributed by atoms with Gasteiger partial charge in [0.25, 0.3) is 0 Å². The molecule has 0 amide bonds. The van der Waals surface area contributed by atoms with Gasteiger partial charge in [-0.15, -0.1) is 0 Å². The van der Waals surface area contributed by atoms with Gasteiger partial charge in [0.2, 0.25) is 0 Å². The van der Waals surface area contributed by atoms with Gasteiger partial charge in [0.15, 0.2) is 0 Å². The molecule has 3 heteroatoms. The van der Waals surface area contributed by atoms with Gasteiger partial charge in [-0.3, -0.25) is 0 Å². The minimum absolute atomic E-state index is 0.120. The van der Waals surface area contributed by atoms with Crippen LogP contribution in [0.1, 0.15) is 30.7 Å². The summed E-state index contributed by atoms with van der Waals surface area (Å²) in [5, 5.41) is 3.37. The second-order valence-electron chi connectivity index (χ2n) is 4.08. The van der Waals surface area contributed by atoms with Gasteiger partial charge in [0.05, 0.1) is 12.3 Å². The average Bonchev–Trinajstić information content (AvgIpc) is 2.81. The minimum atomic E-state index is -0.209. The number of hydrogen-bond donors (Lipinski definition) is 1. The lowest BCUT2D eigenvalue weighted by Crippen LogP contribution is -2.09. The van der Waals surface area contributed by atoms with E-state index in [1.807, 2.05) is 19.1 Å². The van der Waals surface area contributed by atoms with Crippen molar-refractivity contribution in [1.29, 1.82) is 0 Å². The first-order valence-corrected chi connectivity index (χ1v) is 5.76. The number of aryl methyl sites for hydroxylation is 1. The van der Waals surface area contributed by atoms with Crippen LogP contribution in [0, 0.1) is 12.7 Å². The molecule has 1 heterocycles. The van der Waals surface area contributed by atoms with Crippen molar-refractivity contribution in [3.63, 3.8) is 0 Å². The monoisotopic (exact) mass is 233 g/mol. The summed E-state index contributed by atoms with van der Waals surface area (Å²) in [5.41, 5.74) is 1.84. The molecule has 0 spiro atoms. The van der Waals surface area contributed by atoms with Crippen molar-refractivity contribution >= 4 is 5.69 Å². The van der Waals surface area contributed by atoms with Gasteiger partial charge in [-0.05, 0) is 49.2 Å². The van der Waals surface area contributed by atoms with Gasteiger partial charge in [-0.1, -0.05) is 6.92 Å². The summed E-state index contributed by atoms with van der Waals surface area (Å²) in [5.74, 6) is 0.690. The number of halogens is 1. The second kappa shape index (κ2) is 5.04. The molecule has 2 nitrogen and oxygen atoms in total. The van der Waals surface area contributed by atoms with Crippen molar-refractivity contribution in [2.24, 2.45) is 0 Å². The Morgan fingerprint density at radius 1 is 1.35 bits per heavy atom. The minimum Gasteiger partial charge on any atom is -0.467 e. The van der Waals surface area contributed by atoms with Crippen LogP contribution in [0.5, 0.6) is 0 Å². The van der Waals surface area contributed by atoms with Gasteiger partial charge in [0, 0.05) is 5.69 Å². The molecule has 2 rings (SSSR count). The van der Waals surface area contributed by atoms with E-state index in [1.54, 1.807) is 12.3 Å².